The first-order valence-corrected chi connectivity index (χ1v) is 10.4. The normalized spacial score (nSPS) is 26.0. The molecule has 3 heterocycles. The third-order valence-electron chi connectivity index (χ3n) is 6.23. The third-order valence-corrected chi connectivity index (χ3v) is 6.23. The molecule has 2 aromatic carbocycles. The lowest BCUT2D eigenvalue weighted by Gasteiger charge is -2.39. The Labute approximate surface area is 170 Å². The van der Waals surface area contributed by atoms with Crippen LogP contribution in [0.15, 0.2) is 53.6 Å². The van der Waals surface area contributed by atoms with Crippen molar-refractivity contribution in [3.8, 4) is 5.75 Å². The number of carbonyl (C=O) groups excluding carboxylic acids is 1. The Morgan fingerprint density at radius 3 is 2.93 bits per heavy atom. The van der Waals surface area contributed by atoms with Gasteiger partial charge in [-0.3, -0.25) is 4.79 Å². The molecule has 3 atom stereocenters. The van der Waals surface area contributed by atoms with E-state index in [-0.39, 0.29) is 11.9 Å². The Hall–Kier alpha value is -2.86. The van der Waals surface area contributed by atoms with E-state index in [0.29, 0.717) is 18.6 Å². The number of fused-ring (bicyclic) bond motifs is 3. The molecule has 2 N–H and O–H groups in total. The minimum absolute atomic E-state index is 0.0863. The lowest BCUT2D eigenvalue weighted by Crippen LogP contribution is -2.55. The molecule has 2 aromatic rings. The standard InChI is InChI=1S/C23H26N4O2/c1-15-23(28)26-25-22-14-29-21-8-7-17(13-20(21)27(15)22)18-9-10-24-19(12-18)11-16-5-3-2-4-6-16/h2-8,13,15,18-19,24H,9-12,14H2,1H3,(H,26,28)/t15-,18-,19-/m1/s1. The van der Waals surface area contributed by atoms with E-state index in [1.807, 2.05) is 11.8 Å². The van der Waals surface area contributed by atoms with Crippen LogP contribution < -0.4 is 20.4 Å². The van der Waals surface area contributed by atoms with E-state index in [0.717, 1.165) is 43.1 Å². The fourth-order valence-electron chi connectivity index (χ4n) is 4.66. The summed E-state index contributed by atoms with van der Waals surface area (Å²) in [5.74, 6) is 1.99. The summed E-state index contributed by atoms with van der Waals surface area (Å²) in [5.41, 5.74) is 6.22. The van der Waals surface area contributed by atoms with Crippen molar-refractivity contribution in [2.24, 2.45) is 5.10 Å². The molecule has 3 aliphatic heterocycles. The molecule has 0 aromatic heterocycles. The molecular formula is C23H26N4O2. The van der Waals surface area contributed by atoms with E-state index < -0.39 is 0 Å². The Morgan fingerprint density at radius 1 is 1.21 bits per heavy atom. The zero-order valence-corrected chi connectivity index (χ0v) is 16.6. The van der Waals surface area contributed by atoms with E-state index in [4.69, 9.17) is 4.74 Å². The quantitative estimate of drug-likeness (QED) is 0.846. The number of anilines is 1. The summed E-state index contributed by atoms with van der Waals surface area (Å²) >= 11 is 0. The fraction of sp³-hybridized carbons (Fsp3) is 0.391. The van der Waals surface area contributed by atoms with E-state index in [1.54, 1.807) is 0 Å². The summed E-state index contributed by atoms with van der Waals surface area (Å²) in [6.07, 6.45) is 3.26. The van der Waals surface area contributed by atoms with E-state index in [9.17, 15) is 4.79 Å². The van der Waals surface area contributed by atoms with Crippen molar-refractivity contribution in [2.75, 3.05) is 18.1 Å². The summed E-state index contributed by atoms with van der Waals surface area (Å²) in [6.45, 7) is 3.31. The number of amidine groups is 1. The molecule has 0 radical (unpaired) electrons. The molecule has 0 spiro atoms. The number of rotatable bonds is 3. The van der Waals surface area contributed by atoms with Gasteiger partial charge in [-0.15, -0.1) is 0 Å². The molecule has 1 amide bonds. The van der Waals surface area contributed by atoms with E-state index >= 15 is 0 Å². The Kier molecular flexibility index (Phi) is 4.72. The van der Waals surface area contributed by atoms with Crippen LogP contribution in [0.1, 0.15) is 36.8 Å². The maximum absolute atomic E-state index is 12.2. The van der Waals surface area contributed by atoms with E-state index in [1.165, 1.54) is 11.1 Å². The van der Waals surface area contributed by atoms with Gasteiger partial charge in [0.25, 0.3) is 5.91 Å². The summed E-state index contributed by atoms with van der Waals surface area (Å²) < 4.78 is 5.88. The number of ether oxygens (including phenoxy) is 1. The van der Waals surface area contributed by atoms with Crippen LogP contribution in [0, 0.1) is 0 Å². The molecule has 3 aliphatic rings. The number of amides is 1. The lowest BCUT2D eigenvalue weighted by atomic mass is 9.84. The van der Waals surface area contributed by atoms with Gasteiger partial charge in [0.05, 0.1) is 5.69 Å². The second-order valence-corrected chi connectivity index (χ2v) is 8.13. The van der Waals surface area contributed by atoms with Crippen molar-refractivity contribution >= 4 is 17.4 Å². The molecule has 5 rings (SSSR count). The van der Waals surface area contributed by atoms with E-state index in [2.05, 4.69) is 64.4 Å². The average Bonchev–Trinajstić information content (AvgIpc) is 2.76. The van der Waals surface area contributed by atoms with Crippen LogP contribution in [0.3, 0.4) is 0 Å². The van der Waals surface area contributed by atoms with Gasteiger partial charge in [-0.2, -0.15) is 5.10 Å². The van der Waals surface area contributed by atoms with Crippen LogP contribution in [0.25, 0.3) is 0 Å². The third kappa shape index (κ3) is 3.49. The molecule has 0 unspecified atom stereocenters. The van der Waals surface area contributed by atoms with Crippen LogP contribution in [0.2, 0.25) is 0 Å². The number of nitrogens with zero attached hydrogens (tertiary/aromatic N) is 2. The maximum atomic E-state index is 12.2. The van der Waals surface area contributed by atoms with Crippen molar-refractivity contribution in [2.45, 2.75) is 44.2 Å². The van der Waals surface area contributed by atoms with Gasteiger partial charge in [0.15, 0.2) is 5.84 Å². The molecule has 6 heteroatoms. The number of carbonyl (C=O) groups is 1. The van der Waals surface area contributed by atoms with Gasteiger partial charge in [0, 0.05) is 6.04 Å². The number of nitrogens with one attached hydrogen (secondary N) is 2. The molecule has 1 fully saturated rings. The van der Waals surface area contributed by atoms with Gasteiger partial charge < -0.3 is 15.0 Å². The predicted molar refractivity (Wildman–Crippen MR) is 113 cm³/mol. The van der Waals surface area contributed by atoms with Crippen molar-refractivity contribution in [3.05, 3.63) is 59.7 Å². The number of hydrazone groups is 1. The molecule has 1 saturated heterocycles. The first-order chi connectivity index (χ1) is 14.2. The highest BCUT2D eigenvalue weighted by Gasteiger charge is 2.35. The monoisotopic (exact) mass is 390 g/mol. The van der Waals surface area contributed by atoms with Gasteiger partial charge in [-0.05, 0) is 61.9 Å². The lowest BCUT2D eigenvalue weighted by molar-refractivity contribution is -0.122. The van der Waals surface area contributed by atoms with Gasteiger partial charge in [0.1, 0.15) is 18.4 Å². The summed E-state index contributed by atoms with van der Waals surface area (Å²) in [6, 6.07) is 17.3. The average molecular weight is 390 g/mol. The second-order valence-electron chi connectivity index (χ2n) is 8.13. The zero-order chi connectivity index (χ0) is 19.8. The SMILES string of the molecule is C[C@@H]1C(=O)NN=C2COc3ccc([C@@H]4CCN[C@H](Cc5ccccc5)C4)cc3N21. The summed E-state index contributed by atoms with van der Waals surface area (Å²) in [7, 11) is 0. The highest BCUT2D eigenvalue weighted by atomic mass is 16.5. The Morgan fingerprint density at radius 2 is 2.07 bits per heavy atom. The molecule has 0 bridgehead atoms. The molecule has 150 valence electrons. The Balaban J connectivity index is 1.39. The Bertz CT molecular complexity index is 943. The molecule has 0 aliphatic carbocycles. The van der Waals surface area contributed by atoms with Crippen molar-refractivity contribution in [3.63, 3.8) is 0 Å². The summed E-state index contributed by atoms with van der Waals surface area (Å²) in [4.78, 5) is 14.2. The second kappa shape index (κ2) is 7.52. The van der Waals surface area contributed by atoms with Crippen LogP contribution in [0.4, 0.5) is 5.69 Å². The first kappa shape index (κ1) is 18.2. The van der Waals surface area contributed by atoms with Gasteiger partial charge >= 0.3 is 0 Å². The number of hydrogen-bond donors (Lipinski definition) is 2. The van der Waals surface area contributed by atoms with Crippen molar-refractivity contribution in [1.82, 2.24) is 10.7 Å². The minimum Gasteiger partial charge on any atom is -0.483 e. The highest BCUT2D eigenvalue weighted by molar-refractivity contribution is 6.09. The fourth-order valence-corrected chi connectivity index (χ4v) is 4.66. The molecule has 0 saturated carbocycles. The van der Waals surface area contributed by atoms with Crippen LogP contribution in [-0.2, 0) is 11.2 Å². The number of piperidine rings is 1. The van der Waals surface area contributed by atoms with Gasteiger partial charge in [0.2, 0.25) is 0 Å². The van der Waals surface area contributed by atoms with Crippen LogP contribution in [-0.4, -0.2) is 37.0 Å². The topological polar surface area (TPSA) is 66.0 Å². The first-order valence-electron chi connectivity index (χ1n) is 10.4. The van der Waals surface area contributed by atoms with Gasteiger partial charge in [-0.25, -0.2) is 5.43 Å². The van der Waals surface area contributed by atoms with Crippen LogP contribution >= 0.6 is 0 Å². The van der Waals surface area contributed by atoms with Crippen molar-refractivity contribution in [1.29, 1.82) is 0 Å². The number of benzene rings is 2. The van der Waals surface area contributed by atoms with Crippen molar-refractivity contribution < 1.29 is 9.53 Å². The molecular weight excluding hydrogens is 364 g/mol. The summed E-state index contributed by atoms with van der Waals surface area (Å²) in [5, 5.41) is 7.87. The zero-order valence-electron chi connectivity index (χ0n) is 16.6. The smallest absolute Gasteiger partial charge is 0.262 e. The maximum Gasteiger partial charge on any atom is 0.262 e. The van der Waals surface area contributed by atoms with Crippen LogP contribution in [0.5, 0.6) is 5.75 Å². The molecule has 29 heavy (non-hydrogen) atoms. The molecule has 6 nitrogen and oxygen atoms in total. The minimum atomic E-state index is -0.292. The predicted octanol–water partition coefficient (Wildman–Crippen LogP) is 2.80. The van der Waals surface area contributed by atoms with Gasteiger partial charge in [-0.1, -0.05) is 36.4 Å². The highest BCUT2D eigenvalue weighted by Crippen LogP contribution is 2.39. The largest absolute Gasteiger partial charge is 0.483 e. The number of hydrogen-bond acceptors (Lipinski definition) is 5.